The van der Waals surface area contributed by atoms with Gasteiger partial charge in [0.1, 0.15) is 11.6 Å². The minimum atomic E-state index is -0.273. The smallest absolute Gasteiger partial charge is 0.220 e. The number of anilines is 1. The lowest BCUT2D eigenvalue weighted by Crippen LogP contribution is -2.34. The first-order valence-electron chi connectivity index (χ1n) is 9.43. The van der Waals surface area contributed by atoms with Crippen molar-refractivity contribution in [2.24, 2.45) is 0 Å². The molecule has 1 aromatic heterocycles. The van der Waals surface area contributed by atoms with Gasteiger partial charge in [0.15, 0.2) is 0 Å². The van der Waals surface area contributed by atoms with E-state index >= 15 is 0 Å². The molecular formula is C22H22F2N4. The second-order valence-corrected chi connectivity index (χ2v) is 7.23. The number of benzene rings is 2. The van der Waals surface area contributed by atoms with Crippen LogP contribution in [0.1, 0.15) is 30.0 Å². The van der Waals surface area contributed by atoms with Crippen LogP contribution in [0.25, 0.3) is 11.1 Å². The number of likely N-dealkylation sites (tertiary alicyclic amines) is 1. The van der Waals surface area contributed by atoms with Gasteiger partial charge in [-0.05, 0) is 54.8 Å². The second-order valence-electron chi connectivity index (χ2n) is 7.23. The summed E-state index contributed by atoms with van der Waals surface area (Å²) in [5.41, 5.74) is 9.64. The molecule has 0 bridgehead atoms. The zero-order valence-electron chi connectivity index (χ0n) is 15.5. The van der Waals surface area contributed by atoms with Gasteiger partial charge in [-0.1, -0.05) is 24.3 Å². The molecule has 0 radical (unpaired) electrons. The second kappa shape index (κ2) is 8.02. The summed E-state index contributed by atoms with van der Waals surface area (Å²) in [6.45, 7) is 2.59. The van der Waals surface area contributed by atoms with Crippen molar-refractivity contribution in [2.75, 3.05) is 18.8 Å². The standard InChI is InChI=1S/C22H22F2N4/c23-18-7-3-15(4-8-18)13-28-11-1-2-17(14-28)21-20(12-26-22(25)27-21)16-5-9-19(24)10-6-16/h3-10,12,17H,1-2,11,13-14H2,(H2,25,26,27)/t17-/m1/s1. The molecule has 1 saturated heterocycles. The Morgan fingerprint density at radius 3 is 2.39 bits per heavy atom. The maximum Gasteiger partial charge on any atom is 0.220 e. The summed E-state index contributed by atoms with van der Waals surface area (Å²) in [7, 11) is 0. The van der Waals surface area contributed by atoms with E-state index in [0.717, 1.165) is 54.9 Å². The van der Waals surface area contributed by atoms with E-state index in [1.807, 2.05) is 12.1 Å². The van der Waals surface area contributed by atoms with E-state index in [1.165, 1.54) is 24.3 Å². The number of nitrogens with zero attached hydrogens (tertiary/aromatic N) is 3. The zero-order chi connectivity index (χ0) is 19.5. The molecule has 2 heterocycles. The fraction of sp³-hybridized carbons (Fsp3) is 0.273. The first-order chi connectivity index (χ1) is 13.6. The molecule has 4 rings (SSSR count). The fourth-order valence-corrected chi connectivity index (χ4v) is 3.84. The Bertz CT molecular complexity index is 942. The average molecular weight is 380 g/mol. The summed E-state index contributed by atoms with van der Waals surface area (Å²) in [6, 6.07) is 13.0. The van der Waals surface area contributed by atoms with Crippen molar-refractivity contribution in [3.8, 4) is 11.1 Å². The summed E-state index contributed by atoms with van der Waals surface area (Å²) in [5.74, 6) is -0.0402. The molecule has 3 aromatic rings. The summed E-state index contributed by atoms with van der Waals surface area (Å²) < 4.78 is 26.5. The summed E-state index contributed by atoms with van der Waals surface area (Å²) in [4.78, 5) is 11.1. The zero-order valence-corrected chi connectivity index (χ0v) is 15.5. The van der Waals surface area contributed by atoms with Gasteiger partial charge >= 0.3 is 0 Å². The fourth-order valence-electron chi connectivity index (χ4n) is 3.84. The molecule has 4 nitrogen and oxygen atoms in total. The third-order valence-electron chi connectivity index (χ3n) is 5.20. The van der Waals surface area contributed by atoms with E-state index < -0.39 is 0 Å². The highest BCUT2D eigenvalue weighted by molar-refractivity contribution is 5.66. The molecular weight excluding hydrogens is 358 g/mol. The molecule has 0 saturated carbocycles. The number of nitrogens with two attached hydrogens (primary N) is 1. The van der Waals surface area contributed by atoms with E-state index in [0.29, 0.717) is 0 Å². The molecule has 2 aromatic carbocycles. The highest BCUT2D eigenvalue weighted by Crippen LogP contribution is 2.33. The largest absolute Gasteiger partial charge is 0.368 e. The summed E-state index contributed by atoms with van der Waals surface area (Å²) >= 11 is 0. The monoisotopic (exact) mass is 380 g/mol. The van der Waals surface area contributed by atoms with Crippen LogP contribution in [0.2, 0.25) is 0 Å². The van der Waals surface area contributed by atoms with E-state index in [-0.39, 0.29) is 23.5 Å². The molecule has 1 atom stereocenters. The number of hydrogen-bond acceptors (Lipinski definition) is 4. The Labute approximate surface area is 163 Å². The normalized spacial score (nSPS) is 17.6. The number of piperidine rings is 1. The van der Waals surface area contributed by atoms with Crippen molar-refractivity contribution in [2.45, 2.75) is 25.3 Å². The number of nitrogen functional groups attached to an aromatic ring is 1. The van der Waals surface area contributed by atoms with Crippen molar-refractivity contribution < 1.29 is 8.78 Å². The summed E-state index contributed by atoms with van der Waals surface area (Å²) in [6.07, 6.45) is 3.77. The van der Waals surface area contributed by atoms with Crippen LogP contribution in [0.3, 0.4) is 0 Å². The number of aromatic nitrogens is 2. The first-order valence-corrected chi connectivity index (χ1v) is 9.43. The molecule has 1 aliphatic rings. The molecule has 6 heteroatoms. The molecule has 144 valence electrons. The molecule has 1 fully saturated rings. The Balaban J connectivity index is 1.58. The number of rotatable bonds is 4. The minimum absolute atomic E-state index is 0.208. The summed E-state index contributed by atoms with van der Waals surface area (Å²) in [5, 5.41) is 0. The Morgan fingerprint density at radius 2 is 1.68 bits per heavy atom. The predicted molar refractivity (Wildman–Crippen MR) is 105 cm³/mol. The van der Waals surface area contributed by atoms with Crippen molar-refractivity contribution in [3.63, 3.8) is 0 Å². The van der Waals surface area contributed by atoms with E-state index in [1.54, 1.807) is 18.3 Å². The van der Waals surface area contributed by atoms with E-state index in [9.17, 15) is 8.78 Å². The molecule has 0 amide bonds. The number of halogens is 2. The highest BCUT2D eigenvalue weighted by Gasteiger charge is 2.25. The molecule has 2 N–H and O–H groups in total. The van der Waals surface area contributed by atoms with Gasteiger partial charge in [-0.2, -0.15) is 0 Å². The van der Waals surface area contributed by atoms with Gasteiger partial charge in [0.05, 0.1) is 5.69 Å². The SMILES string of the molecule is Nc1ncc(-c2ccc(F)cc2)c([C@@H]2CCCN(Cc3ccc(F)cc3)C2)n1. The van der Waals surface area contributed by atoms with Gasteiger partial charge in [-0.3, -0.25) is 4.90 Å². The van der Waals surface area contributed by atoms with Crippen LogP contribution < -0.4 is 5.73 Å². The van der Waals surface area contributed by atoms with Gasteiger partial charge in [0.2, 0.25) is 5.95 Å². The van der Waals surface area contributed by atoms with Gasteiger partial charge in [0.25, 0.3) is 0 Å². The maximum absolute atomic E-state index is 13.3. The lowest BCUT2D eigenvalue weighted by atomic mass is 9.89. The van der Waals surface area contributed by atoms with E-state index in [4.69, 9.17) is 5.73 Å². The van der Waals surface area contributed by atoms with Crippen LogP contribution in [0.5, 0.6) is 0 Å². The lowest BCUT2D eigenvalue weighted by molar-refractivity contribution is 0.198. The Kier molecular flexibility index (Phi) is 5.30. The van der Waals surface area contributed by atoms with Crippen LogP contribution in [-0.4, -0.2) is 28.0 Å². The number of hydrogen-bond donors (Lipinski definition) is 1. The lowest BCUT2D eigenvalue weighted by Gasteiger charge is -2.33. The quantitative estimate of drug-likeness (QED) is 0.730. The van der Waals surface area contributed by atoms with Crippen molar-refractivity contribution in [1.29, 1.82) is 0 Å². The van der Waals surface area contributed by atoms with Crippen LogP contribution >= 0.6 is 0 Å². The van der Waals surface area contributed by atoms with Gasteiger partial charge in [-0.15, -0.1) is 0 Å². The van der Waals surface area contributed by atoms with Crippen LogP contribution in [0.15, 0.2) is 54.7 Å². The van der Waals surface area contributed by atoms with Gasteiger partial charge in [0, 0.05) is 30.8 Å². The van der Waals surface area contributed by atoms with Crippen LogP contribution in [0, 0.1) is 11.6 Å². The average Bonchev–Trinajstić information content (AvgIpc) is 2.71. The van der Waals surface area contributed by atoms with Crippen molar-refractivity contribution in [1.82, 2.24) is 14.9 Å². The Morgan fingerprint density at radius 1 is 1.00 bits per heavy atom. The molecule has 0 unspecified atom stereocenters. The third kappa shape index (κ3) is 4.17. The topological polar surface area (TPSA) is 55.0 Å². The molecule has 0 spiro atoms. The minimum Gasteiger partial charge on any atom is -0.368 e. The van der Waals surface area contributed by atoms with Gasteiger partial charge in [-0.25, -0.2) is 18.7 Å². The maximum atomic E-state index is 13.3. The molecule has 0 aliphatic carbocycles. The van der Waals surface area contributed by atoms with Crippen molar-refractivity contribution in [3.05, 3.63) is 77.6 Å². The Hall–Kier alpha value is -2.86. The molecule has 1 aliphatic heterocycles. The van der Waals surface area contributed by atoms with Crippen LogP contribution in [-0.2, 0) is 6.54 Å². The van der Waals surface area contributed by atoms with Gasteiger partial charge < -0.3 is 5.73 Å². The molecule has 28 heavy (non-hydrogen) atoms. The van der Waals surface area contributed by atoms with Crippen LogP contribution in [0.4, 0.5) is 14.7 Å². The van der Waals surface area contributed by atoms with E-state index in [2.05, 4.69) is 14.9 Å². The first kappa shape index (κ1) is 18.5. The predicted octanol–water partition coefficient (Wildman–Crippen LogP) is 4.38. The van der Waals surface area contributed by atoms with Crippen molar-refractivity contribution >= 4 is 5.95 Å². The third-order valence-corrected chi connectivity index (χ3v) is 5.20. The highest BCUT2D eigenvalue weighted by atomic mass is 19.1.